The fraction of sp³-hybridized carbons (Fsp3) is 0.435. The summed E-state index contributed by atoms with van der Waals surface area (Å²) < 4.78 is 29.6. The molecule has 2 fully saturated rings. The highest BCUT2D eigenvalue weighted by Gasteiger charge is 2.59. The molecule has 1 aliphatic heterocycles. The predicted octanol–water partition coefficient (Wildman–Crippen LogP) is 3.92. The minimum absolute atomic E-state index is 0.0832. The number of likely N-dealkylation sites (tertiary alicyclic amines) is 1. The Hall–Kier alpha value is -3.16. The van der Waals surface area contributed by atoms with E-state index in [0.29, 0.717) is 35.8 Å². The lowest BCUT2D eigenvalue weighted by Crippen LogP contribution is -2.38. The topological polar surface area (TPSA) is 78.0 Å². The molecule has 0 unspecified atom stereocenters. The Morgan fingerprint density at radius 1 is 1.10 bits per heavy atom. The van der Waals surface area contributed by atoms with E-state index in [9.17, 15) is 14.0 Å². The molecule has 1 aromatic carbocycles. The number of aromatic nitrogens is 1. The fourth-order valence-corrected chi connectivity index (χ4v) is 3.83. The van der Waals surface area contributed by atoms with Crippen LogP contribution in [0.1, 0.15) is 31.1 Å². The van der Waals surface area contributed by atoms with Gasteiger partial charge >= 0.3 is 12.1 Å². The van der Waals surface area contributed by atoms with Crippen LogP contribution in [0, 0.1) is 17.7 Å². The first kappa shape index (κ1) is 21.1. The van der Waals surface area contributed by atoms with E-state index in [2.05, 4.69) is 4.98 Å². The van der Waals surface area contributed by atoms with Crippen LogP contribution in [0.25, 0.3) is 11.3 Å². The van der Waals surface area contributed by atoms with Crippen molar-refractivity contribution in [3.8, 4) is 17.1 Å². The molecule has 7 nitrogen and oxygen atoms in total. The van der Waals surface area contributed by atoms with Gasteiger partial charge < -0.3 is 19.1 Å². The second-order valence-electron chi connectivity index (χ2n) is 8.87. The number of methoxy groups -OCH3 is 1. The lowest BCUT2D eigenvalue weighted by atomic mass is 10.1. The summed E-state index contributed by atoms with van der Waals surface area (Å²) >= 11 is 0. The largest absolute Gasteiger partial charge is 0.474 e. The number of esters is 1. The third-order valence-corrected chi connectivity index (χ3v) is 5.39. The van der Waals surface area contributed by atoms with Gasteiger partial charge in [-0.2, -0.15) is 0 Å². The number of benzene rings is 1. The zero-order valence-corrected chi connectivity index (χ0v) is 17.9. The molecule has 31 heavy (non-hydrogen) atoms. The molecular weight excluding hydrogens is 403 g/mol. The average molecular weight is 428 g/mol. The summed E-state index contributed by atoms with van der Waals surface area (Å²) in [6.45, 7) is 6.64. The third kappa shape index (κ3) is 4.62. The van der Waals surface area contributed by atoms with Crippen molar-refractivity contribution in [1.29, 1.82) is 0 Å². The van der Waals surface area contributed by atoms with Crippen molar-refractivity contribution < 1.29 is 28.2 Å². The van der Waals surface area contributed by atoms with E-state index in [1.54, 1.807) is 29.2 Å². The first-order chi connectivity index (χ1) is 14.6. The second kappa shape index (κ2) is 7.83. The number of nitrogens with zero attached hydrogens (tertiary/aromatic N) is 2. The molecular formula is C23H25FN2O5. The fourth-order valence-electron chi connectivity index (χ4n) is 3.83. The number of pyridine rings is 1. The molecule has 0 N–H and O–H groups in total. The Labute approximate surface area is 180 Å². The number of carbonyl (C=O) groups excluding carboxylic acids is 2. The van der Waals surface area contributed by atoms with E-state index in [4.69, 9.17) is 14.2 Å². The summed E-state index contributed by atoms with van der Waals surface area (Å²) in [4.78, 5) is 30.6. The average Bonchev–Trinajstić information content (AvgIpc) is 3.14. The minimum Gasteiger partial charge on any atom is -0.474 e. The number of ether oxygens (including phenoxy) is 3. The van der Waals surface area contributed by atoms with E-state index >= 15 is 0 Å². The van der Waals surface area contributed by atoms with Gasteiger partial charge in [-0.25, -0.2) is 19.0 Å². The molecule has 3 atom stereocenters. The van der Waals surface area contributed by atoms with Crippen molar-refractivity contribution >= 4 is 12.1 Å². The van der Waals surface area contributed by atoms with Crippen LogP contribution in [0.4, 0.5) is 9.18 Å². The Balaban J connectivity index is 1.47. The summed E-state index contributed by atoms with van der Waals surface area (Å²) in [5.74, 6) is -0.173. The molecule has 164 valence electrons. The molecule has 8 heteroatoms. The van der Waals surface area contributed by atoms with E-state index in [-0.39, 0.29) is 29.9 Å². The molecule has 2 aromatic rings. The molecule has 1 saturated heterocycles. The van der Waals surface area contributed by atoms with E-state index in [1.807, 2.05) is 20.8 Å². The zero-order chi connectivity index (χ0) is 22.3. The summed E-state index contributed by atoms with van der Waals surface area (Å²) in [6.07, 6.45) is -0.400. The van der Waals surface area contributed by atoms with Gasteiger partial charge in [0.1, 0.15) is 17.5 Å². The Morgan fingerprint density at radius 2 is 1.74 bits per heavy atom. The van der Waals surface area contributed by atoms with E-state index in [1.165, 1.54) is 19.2 Å². The van der Waals surface area contributed by atoms with Gasteiger partial charge in [-0.15, -0.1) is 0 Å². The molecule has 1 saturated carbocycles. The Kier molecular flexibility index (Phi) is 5.33. The maximum Gasteiger partial charge on any atom is 0.410 e. The van der Waals surface area contributed by atoms with Gasteiger partial charge in [-0.1, -0.05) is 0 Å². The number of halogens is 1. The number of hydrogen-bond acceptors (Lipinski definition) is 6. The van der Waals surface area contributed by atoms with Crippen molar-refractivity contribution in [3.63, 3.8) is 0 Å². The normalized spacial score (nSPS) is 22.0. The van der Waals surface area contributed by atoms with Crippen molar-refractivity contribution in [2.24, 2.45) is 11.8 Å². The second-order valence-corrected chi connectivity index (χ2v) is 8.87. The predicted molar refractivity (Wildman–Crippen MR) is 110 cm³/mol. The first-order valence-corrected chi connectivity index (χ1v) is 10.2. The standard InChI is InChI=1S/C23H25FN2O5/c1-23(2,3)31-22(28)26-11-16-17(12-26)20(16)30-19-10-14(21(27)29-4)9-18(25-19)13-5-7-15(24)8-6-13/h5-10,16-17,20H,11-12H2,1-4H3/t16-,17+,20+. The number of carbonyl (C=O) groups is 2. The van der Waals surface area contributed by atoms with Crippen molar-refractivity contribution in [3.05, 3.63) is 47.8 Å². The maximum atomic E-state index is 13.3. The van der Waals surface area contributed by atoms with Crippen LogP contribution < -0.4 is 4.74 Å². The van der Waals surface area contributed by atoms with Crippen molar-refractivity contribution in [1.82, 2.24) is 9.88 Å². The number of piperidine rings is 1. The number of fused-ring (bicyclic) bond motifs is 1. The van der Waals surface area contributed by atoms with Crippen LogP contribution in [0.15, 0.2) is 36.4 Å². The highest BCUT2D eigenvalue weighted by atomic mass is 19.1. The number of amides is 1. The van der Waals surface area contributed by atoms with Gasteiger partial charge in [0.15, 0.2) is 0 Å². The van der Waals surface area contributed by atoms with Gasteiger partial charge in [0, 0.05) is 36.6 Å². The van der Waals surface area contributed by atoms with Gasteiger partial charge in [0.2, 0.25) is 5.88 Å². The van der Waals surface area contributed by atoms with Gasteiger partial charge in [-0.05, 0) is 51.1 Å². The molecule has 2 aliphatic rings. The van der Waals surface area contributed by atoms with E-state index in [0.717, 1.165) is 0 Å². The summed E-state index contributed by atoms with van der Waals surface area (Å²) in [7, 11) is 1.30. The van der Waals surface area contributed by atoms with Crippen LogP contribution in [0.5, 0.6) is 5.88 Å². The van der Waals surface area contributed by atoms with Crippen LogP contribution in [0.3, 0.4) is 0 Å². The van der Waals surface area contributed by atoms with Crippen LogP contribution in [-0.4, -0.2) is 53.9 Å². The summed E-state index contributed by atoms with van der Waals surface area (Å²) in [5, 5.41) is 0. The SMILES string of the molecule is COC(=O)c1cc(O[C@H]2[C@@H]3CN(C(=O)OC(C)(C)C)C[C@@H]32)nc(-c2ccc(F)cc2)c1. The van der Waals surface area contributed by atoms with Gasteiger partial charge in [0.25, 0.3) is 0 Å². The lowest BCUT2D eigenvalue weighted by molar-refractivity contribution is 0.0252. The molecule has 2 heterocycles. The monoisotopic (exact) mass is 428 g/mol. The summed E-state index contributed by atoms with van der Waals surface area (Å²) in [5.41, 5.74) is 0.908. The highest BCUT2D eigenvalue weighted by Crippen LogP contribution is 2.48. The Morgan fingerprint density at radius 3 is 2.32 bits per heavy atom. The van der Waals surface area contributed by atoms with Crippen LogP contribution in [0.2, 0.25) is 0 Å². The van der Waals surface area contributed by atoms with Crippen molar-refractivity contribution in [2.75, 3.05) is 20.2 Å². The van der Waals surface area contributed by atoms with Gasteiger partial charge in [0.05, 0.1) is 18.4 Å². The summed E-state index contributed by atoms with van der Waals surface area (Å²) in [6, 6.07) is 8.97. The maximum absolute atomic E-state index is 13.3. The molecule has 1 amide bonds. The molecule has 1 aromatic heterocycles. The lowest BCUT2D eigenvalue weighted by Gasteiger charge is -2.26. The third-order valence-electron chi connectivity index (χ3n) is 5.39. The van der Waals surface area contributed by atoms with Crippen LogP contribution >= 0.6 is 0 Å². The Bertz CT molecular complexity index is 990. The molecule has 4 rings (SSSR count). The first-order valence-electron chi connectivity index (χ1n) is 10.2. The van der Waals surface area contributed by atoms with Crippen LogP contribution in [-0.2, 0) is 9.47 Å². The number of rotatable bonds is 4. The number of hydrogen-bond donors (Lipinski definition) is 0. The van der Waals surface area contributed by atoms with E-state index < -0.39 is 11.6 Å². The molecule has 0 radical (unpaired) electrons. The zero-order valence-electron chi connectivity index (χ0n) is 17.9. The molecule has 0 bridgehead atoms. The smallest absolute Gasteiger partial charge is 0.410 e. The molecule has 0 spiro atoms. The quantitative estimate of drug-likeness (QED) is 0.687. The van der Waals surface area contributed by atoms with Gasteiger partial charge in [-0.3, -0.25) is 0 Å². The molecule has 1 aliphatic carbocycles. The van der Waals surface area contributed by atoms with Crippen molar-refractivity contribution in [2.45, 2.75) is 32.5 Å². The minimum atomic E-state index is -0.533. The highest BCUT2D eigenvalue weighted by molar-refractivity contribution is 5.91.